The van der Waals surface area contributed by atoms with Crippen molar-refractivity contribution in [2.24, 2.45) is 0 Å². The van der Waals surface area contributed by atoms with E-state index >= 15 is 0 Å². The van der Waals surface area contributed by atoms with E-state index in [1.54, 1.807) is 0 Å². The van der Waals surface area contributed by atoms with Gasteiger partial charge in [0.15, 0.2) is 0 Å². The van der Waals surface area contributed by atoms with Crippen LogP contribution >= 0.6 is 0 Å². The number of ether oxygens (including phenoxy) is 6. The van der Waals surface area contributed by atoms with Crippen molar-refractivity contribution in [2.75, 3.05) is 79.2 Å². The Morgan fingerprint density at radius 3 is 1.61 bits per heavy atom. The Labute approximate surface area is 226 Å². The van der Waals surface area contributed by atoms with Crippen molar-refractivity contribution in [3.63, 3.8) is 0 Å². The van der Waals surface area contributed by atoms with E-state index in [9.17, 15) is 4.79 Å². The lowest BCUT2D eigenvalue weighted by molar-refractivity contribution is -0.0112. The number of hydrogen-bond acceptors (Lipinski definition) is 7. The van der Waals surface area contributed by atoms with Crippen molar-refractivity contribution in [2.45, 2.75) is 32.1 Å². The third-order valence-electron chi connectivity index (χ3n) is 6.21. The van der Waals surface area contributed by atoms with Gasteiger partial charge in [-0.2, -0.15) is 0 Å². The molecule has 8 heteroatoms. The molecule has 38 heavy (non-hydrogen) atoms. The van der Waals surface area contributed by atoms with E-state index in [2.05, 4.69) is 36.5 Å². The highest BCUT2D eigenvalue weighted by Gasteiger charge is 2.28. The van der Waals surface area contributed by atoms with E-state index in [1.807, 2.05) is 24.3 Å². The van der Waals surface area contributed by atoms with Gasteiger partial charge in [-0.1, -0.05) is 61.9 Å². The van der Waals surface area contributed by atoms with Gasteiger partial charge in [0.05, 0.1) is 52.9 Å². The molecule has 2 aromatic carbocycles. The average molecular weight is 530 g/mol. The van der Waals surface area contributed by atoms with Crippen molar-refractivity contribution in [1.82, 2.24) is 5.32 Å². The lowest BCUT2D eigenvalue weighted by Crippen LogP contribution is -2.27. The number of carbonyl (C=O) groups excluding carboxylic acids is 1. The molecule has 2 aromatic rings. The molecule has 0 bridgehead atoms. The second-order valence-corrected chi connectivity index (χ2v) is 9.02. The number of alkyl carbamates (subject to hydrolysis) is 1. The van der Waals surface area contributed by atoms with Crippen molar-refractivity contribution in [3.8, 4) is 11.1 Å². The number of fused-ring (bicyclic) bond motifs is 3. The smallest absolute Gasteiger partial charge is 0.407 e. The first kappa shape index (κ1) is 30.1. The van der Waals surface area contributed by atoms with Crippen molar-refractivity contribution in [1.29, 1.82) is 0 Å². The van der Waals surface area contributed by atoms with E-state index in [0.29, 0.717) is 79.0 Å². The molecule has 0 fully saturated rings. The summed E-state index contributed by atoms with van der Waals surface area (Å²) in [6.45, 7) is 8.71. The van der Waals surface area contributed by atoms with E-state index < -0.39 is 6.09 Å². The van der Waals surface area contributed by atoms with Crippen LogP contribution in [0.2, 0.25) is 0 Å². The fourth-order valence-corrected chi connectivity index (χ4v) is 4.24. The molecule has 1 aliphatic rings. The minimum atomic E-state index is -0.402. The van der Waals surface area contributed by atoms with Crippen LogP contribution in [-0.4, -0.2) is 85.3 Å². The first-order valence-electron chi connectivity index (χ1n) is 13.8. The van der Waals surface area contributed by atoms with E-state index in [4.69, 9.17) is 28.4 Å². The van der Waals surface area contributed by atoms with Crippen LogP contribution in [-0.2, 0) is 28.4 Å². The molecule has 0 aromatic heterocycles. The van der Waals surface area contributed by atoms with Crippen LogP contribution in [0, 0.1) is 0 Å². The fourth-order valence-electron chi connectivity index (χ4n) is 4.24. The normalized spacial score (nSPS) is 12.3. The van der Waals surface area contributed by atoms with Crippen molar-refractivity contribution in [3.05, 3.63) is 59.7 Å². The van der Waals surface area contributed by atoms with Gasteiger partial charge in [-0.25, -0.2) is 4.79 Å². The minimum Gasteiger partial charge on any atom is -0.449 e. The predicted molar refractivity (Wildman–Crippen MR) is 147 cm³/mol. The molecule has 0 saturated heterocycles. The van der Waals surface area contributed by atoms with Gasteiger partial charge in [0.2, 0.25) is 0 Å². The molecule has 0 radical (unpaired) electrons. The number of unbranched alkanes of at least 4 members (excludes halogenated alkanes) is 1. The van der Waals surface area contributed by atoms with Crippen molar-refractivity contribution < 1.29 is 33.2 Å². The molecular formula is C30H43NO7. The van der Waals surface area contributed by atoms with Crippen LogP contribution < -0.4 is 5.32 Å². The number of rotatable bonds is 21. The van der Waals surface area contributed by atoms with Gasteiger partial charge in [0.1, 0.15) is 6.61 Å². The molecule has 8 nitrogen and oxygen atoms in total. The van der Waals surface area contributed by atoms with Gasteiger partial charge in [-0.15, -0.1) is 0 Å². The highest BCUT2D eigenvalue weighted by molar-refractivity contribution is 5.79. The van der Waals surface area contributed by atoms with Gasteiger partial charge in [-0.05, 0) is 35.1 Å². The lowest BCUT2D eigenvalue weighted by Gasteiger charge is -2.14. The Kier molecular flexibility index (Phi) is 14.8. The Balaban J connectivity index is 1.10. The molecule has 0 saturated carbocycles. The van der Waals surface area contributed by atoms with Crippen molar-refractivity contribution >= 4 is 6.09 Å². The van der Waals surface area contributed by atoms with E-state index in [-0.39, 0.29) is 5.92 Å². The zero-order valence-corrected chi connectivity index (χ0v) is 22.7. The highest BCUT2D eigenvalue weighted by Crippen LogP contribution is 2.44. The summed E-state index contributed by atoms with van der Waals surface area (Å²) in [5.74, 6) is 0.0652. The van der Waals surface area contributed by atoms with Gasteiger partial charge in [0, 0.05) is 25.7 Å². The summed E-state index contributed by atoms with van der Waals surface area (Å²) in [6.07, 6.45) is 2.54. The summed E-state index contributed by atoms with van der Waals surface area (Å²) in [7, 11) is 0. The second-order valence-electron chi connectivity index (χ2n) is 9.02. The number of hydrogen-bond donors (Lipinski definition) is 1. The monoisotopic (exact) mass is 529 g/mol. The maximum atomic E-state index is 12.2. The average Bonchev–Trinajstić information content (AvgIpc) is 3.27. The molecule has 1 aliphatic carbocycles. The van der Waals surface area contributed by atoms with Crippen LogP contribution in [0.1, 0.15) is 43.2 Å². The fraction of sp³-hybridized carbons (Fsp3) is 0.567. The third-order valence-corrected chi connectivity index (χ3v) is 6.21. The first-order chi connectivity index (χ1) is 18.8. The number of nitrogens with one attached hydrogen (secondary N) is 1. The molecular weight excluding hydrogens is 486 g/mol. The number of carbonyl (C=O) groups is 1. The van der Waals surface area contributed by atoms with Crippen LogP contribution in [0.4, 0.5) is 4.79 Å². The van der Waals surface area contributed by atoms with Gasteiger partial charge >= 0.3 is 6.09 Å². The maximum absolute atomic E-state index is 12.2. The molecule has 3 rings (SSSR count). The van der Waals surface area contributed by atoms with E-state index in [1.165, 1.54) is 22.3 Å². The van der Waals surface area contributed by atoms with E-state index in [0.717, 1.165) is 19.4 Å². The van der Waals surface area contributed by atoms with Crippen LogP contribution in [0.25, 0.3) is 11.1 Å². The molecule has 210 valence electrons. The summed E-state index contributed by atoms with van der Waals surface area (Å²) in [6, 6.07) is 16.6. The number of amides is 1. The quantitative estimate of drug-likeness (QED) is 0.233. The second kappa shape index (κ2) is 18.7. The Bertz CT molecular complexity index is 877. The molecule has 0 atom stereocenters. The minimum absolute atomic E-state index is 0.0652. The van der Waals surface area contributed by atoms with Gasteiger partial charge in [-0.3, -0.25) is 0 Å². The SMILES string of the molecule is CCCCOCCOCCOCCOCCOCCCNC(=O)OCC1c2ccccc2-c2ccccc21. The highest BCUT2D eigenvalue weighted by atomic mass is 16.6. The molecule has 0 spiro atoms. The van der Waals surface area contributed by atoms with Crippen LogP contribution in [0.5, 0.6) is 0 Å². The molecule has 1 amide bonds. The topological polar surface area (TPSA) is 84.5 Å². The lowest BCUT2D eigenvalue weighted by atomic mass is 9.98. The zero-order chi connectivity index (χ0) is 26.7. The van der Waals surface area contributed by atoms with Crippen LogP contribution in [0.3, 0.4) is 0 Å². The molecule has 1 N–H and O–H groups in total. The Hall–Kier alpha value is -2.49. The number of benzene rings is 2. The van der Waals surface area contributed by atoms with Gasteiger partial charge in [0.25, 0.3) is 0 Å². The summed E-state index contributed by atoms with van der Waals surface area (Å²) in [5.41, 5.74) is 4.85. The summed E-state index contributed by atoms with van der Waals surface area (Å²) in [5, 5.41) is 2.80. The molecule has 0 aliphatic heterocycles. The summed E-state index contributed by atoms with van der Waals surface area (Å²) < 4.78 is 32.9. The Morgan fingerprint density at radius 1 is 0.658 bits per heavy atom. The summed E-state index contributed by atoms with van der Waals surface area (Å²) >= 11 is 0. The van der Waals surface area contributed by atoms with Crippen LogP contribution in [0.15, 0.2) is 48.5 Å². The standard InChI is InChI=1S/C30H43NO7/c1-2-3-14-33-16-18-35-20-22-37-23-21-36-19-17-34-15-8-13-31-30(32)38-24-29-27-11-6-4-9-25(27)26-10-5-7-12-28(26)29/h4-7,9-12,29H,2-3,8,13-24H2,1H3,(H,31,32). The largest absolute Gasteiger partial charge is 0.449 e. The molecule has 0 unspecified atom stereocenters. The zero-order valence-electron chi connectivity index (χ0n) is 22.7. The first-order valence-corrected chi connectivity index (χ1v) is 13.8. The molecule has 0 heterocycles. The maximum Gasteiger partial charge on any atom is 0.407 e. The summed E-state index contributed by atoms with van der Waals surface area (Å²) in [4.78, 5) is 12.2. The predicted octanol–water partition coefficient (Wildman–Crippen LogP) is 4.80. The Morgan fingerprint density at radius 2 is 1.11 bits per heavy atom. The van der Waals surface area contributed by atoms with Gasteiger partial charge < -0.3 is 33.7 Å². The third kappa shape index (κ3) is 10.7.